The predicted octanol–water partition coefficient (Wildman–Crippen LogP) is 1.50. The van der Waals surface area contributed by atoms with Gasteiger partial charge in [0, 0.05) is 13.2 Å². The molecule has 0 saturated carbocycles. The number of sulfonamides is 1. The molecule has 0 aliphatic carbocycles. The molecule has 0 spiro atoms. The van der Waals surface area contributed by atoms with Crippen molar-refractivity contribution in [1.82, 2.24) is 19.1 Å². The first-order valence-corrected chi connectivity index (χ1v) is 10.5. The van der Waals surface area contributed by atoms with E-state index in [0.29, 0.717) is 28.2 Å². The summed E-state index contributed by atoms with van der Waals surface area (Å²) >= 11 is 0. The molecule has 2 N–H and O–H groups in total. The van der Waals surface area contributed by atoms with Crippen molar-refractivity contribution in [3.63, 3.8) is 0 Å². The standard InChI is InChI=1S/C20H19N5O4S/c1-24-16-11-23-19(29-2)17(13-6-4-3-5-7-13)18(16)25(20(24)26)12-14-8-9-15(10-22-14)30(21,27)28/h3-11H,12H2,1-2H3,(H2,21,27,28). The van der Waals surface area contributed by atoms with E-state index in [9.17, 15) is 13.2 Å². The Morgan fingerprint density at radius 2 is 1.80 bits per heavy atom. The number of nitrogens with zero attached hydrogens (tertiary/aromatic N) is 4. The van der Waals surface area contributed by atoms with Gasteiger partial charge in [0.25, 0.3) is 0 Å². The molecule has 0 unspecified atom stereocenters. The van der Waals surface area contributed by atoms with Crippen LogP contribution in [-0.4, -0.2) is 34.6 Å². The number of imidazole rings is 1. The Labute approximate surface area is 172 Å². The van der Waals surface area contributed by atoms with Crippen LogP contribution >= 0.6 is 0 Å². The number of ether oxygens (including phenoxy) is 1. The van der Waals surface area contributed by atoms with Crippen LogP contribution in [0.2, 0.25) is 0 Å². The molecule has 0 radical (unpaired) electrons. The minimum absolute atomic E-state index is 0.0904. The third-order valence-corrected chi connectivity index (χ3v) is 5.75. The number of aryl methyl sites for hydroxylation is 1. The molecule has 30 heavy (non-hydrogen) atoms. The molecule has 0 fully saturated rings. The number of aromatic nitrogens is 4. The highest BCUT2D eigenvalue weighted by Crippen LogP contribution is 2.34. The van der Waals surface area contributed by atoms with Crippen molar-refractivity contribution in [3.05, 3.63) is 71.0 Å². The summed E-state index contributed by atoms with van der Waals surface area (Å²) in [5.41, 5.74) is 3.08. The molecule has 0 atom stereocenters. The van der Waals surface area contributed by atoms with Crippen molar-refractivity contribution in [2.75, 3.05) is 7.11 Å². The minimum atomic E-state index is -3.84. The number of primary sulfonamides is 1. The lowest BCUT2D eigenvalue weighted by Gasteiger charge is -2.12. The fourth-order valence-corrected chi connectivity index (χ4v) is 3.83. The summed E-state index contributed by atoms with van der Waals surface area (Å²) in [6.07, 6.45) is 2.77. The summed E-state index contributed by atoms with van der Waals surface area (Å²) in [6, 6.07) is 12.4. The van der Waals surface area contributed by atoms with Gasteiger partial charge in [0.05, 0.1) is 42.1 Å². The van der Waals surface area contributed by atoms with E-state index < -0.39 is 10.0 Å². The van der Waals surface area contributed by atoms with Gasteiger partial charge in [-0.15, -0.1) is 0 Å². The van der Waals surface area contributed by atoms with Crippen LogP contribution in [0.5, 0.6) is 5.88 Å². The van der Waals surface area contributed by atoms with Crippen molar-refractivity contribution in [2.45, 2.75) is 11.4 Å². The predicted molar refractivity (Wildman–Crippen MR) is 112 cm³/mol. The first kappa shape index (κ1) is 19.8. The van der Waals surface area contributed by atoms with Crippen molar-refractivity contribution < 1.29 is 13.2 Å². The van der Waals surface area contributed by atoms with Gasteiger partial charge in [-0.05, 0) is 17.7 Å². The van der Waals surface area contributed by atoms with Crippen LogP contribution in [0.3, 0.4) is 0 Å². The highest BCUT2D eigenvalue weighted by molar-refractivity contribution is 7.89. The van der Waals surface area contributed by atoms with E-state index >= 15 is 0 Å². The molecule has 1 aromatic carbocycles. The molecular formula is C20H19N5O4S. The third-order valence-electron chi connectivity index (χ3n) is 4.85. The van der Waals surface area contributed by atoms with Crippen LogP contribution in [0.1, 0.15) is 5.69 Å². The summed E-state index contributed by atoms with van der Waals surface area (Å²) in [5, 5.41) is 5.13. The largest absolute Gasteiger partial charge is 0.480 e. The summed E-state index contributed by atoms with van der Waals surface area (Å²) < 4.78 is 31.5. The number of rotatable bonds is 5. The van der Waals surface area contributed by atoms with Crippen LogP contribution in [0.25, 0.3) is 22.2 Å². The van der Waals surface area contributed by atoms with Gasteiger partial charge in [-0.25, -0.2) is 23.3 Å². The number of pyridine rings is 2. The van der Waals surface area contributed by atoms with E-state index in [4.69, 9.17) is 9.88 Å². The maximum absolute atomic E-state index is 13.0. The second kappa shape index (κ2) is 7.39. The fourth-order valence-electron chi connectivity index (χ4n) is 3.37. The molecule has 0 aliphatic rings. The van der Waals surface area contributed by atoms with Gasteiger partial charge >= 0.3 is 5.69 Å². The van der Waals surface area contributed by atoms with E-state index in [0.717, 1.165) is 5.56 Å². The molecule has 0 aliphatic heterocycles. The highest BCUT2D eigenvalue weighted by Gasteiger charge is 2.21. The SMILES string of the molecule is COc1ncc2c(c1-c1ccccc1)n(Cc1ccc(S(N)(=O)=O)cn1)c(=O)n2C. The lowest BCUT2D eigenvalue weighted by Crippen LogP contribution is -2.23. The Kier molecular flexibility index (Phi) is 4.88. The Balaban J connectivity index is 1.94. The highest BCUT2D eigenvalue weighted by atomic mass is 32.2. The molecule has 4 aromatic rings. The zero-order valence-electron chi connectivity index (χ0n) is 16.3. The van der Waals surface area contributed by atoms with E-state index in [2.05, 4.69) is 9.97 Å². The molecule has 0 bridgehead atoms. The van der Waals surface area contributed by atoms with E-state index in [-0.39, 0.29) is 17.1 Å². The summed E-state index contributed by atoms with van der Waals surface area (Å²) in [4.78, 5) is 21.5. The first-order chi connectivity index (χ1) is 14.3. The molecular weight excluding hydrogens is 406 g/mol. The van der Waals surface area contributed by atoms with E-state index in [1.54, 1.807) is 17.8 Å². The Morgan fingerprint density at radius 1 is 1.07 bits per heavy atom. The quantitative estimate of drug-likeness (QED) is 0.517. The molecule has 0 saturated heterocycles. The van der Waals surface area contributed by atoms with Crippen molar-refractivity contribution in [2.24, 2.45) is 12.2 Å². The van der Waals surface area contributed by atoms with Gasteiger partial charge in [0.2, 0.25) is 15.9 Å². The van der Waals surface area contributed by atoms with Crippen LogP contribution in [0.4, 0.5) is 0 Å². The molecule has 3 heterocycles. The molecule has 4 rings (SSSR count). The molecule has 9 nitrogen and oxygen atoms in total. The Morgan fingerprint density at radius 3 is 2.40 bits per heavy atom. The maximum atomic E-state index is 13.0. The second-order valence-electron chi connectivity index (χ2n) is 6.70. The lowest BCUT2D eigenvalue weighted by atomic mass is 10.1. The maximum Gasteiger partial charge on any atom is 0.329 e. The van der Waals surface area contributed by atoms with Gasteiger partial charge < -0.3 is 4.74 Å². The van der Waals surface area contributed by atoms with Crippen molar-refractivity contribution in [3.8, 4) is 17.0 Å². The first-order valence-electron chi connectivity index (χ1n) is 8.96. The molecule has 10 heteroatoms. The van der Waals surface area contributed by atoms with Gasteiger partial charge in [-0.2, -0.15) is 0 Å². The number of hydrogen-bond donors (Lipinski definition) is 1. The fraction of sp³-hybridized carbons (Fsp3) is 0.150. The number of benzene rings is 1. The van der Waals surface area contributed by atoms with E-state index in [1.165, 1.54) is 30.0 Å². The topological polar surface area (TPSA) is 122 Å². The van der Waals surface area contributed by atoms with Crippen LogP contribution < -0.4 is 15.6 Å². The zero-order valence-corrected chi connectivity index (χ0v) is 17.1. The smallest absolute Gasteiger partial charge is 0.329 e. The van der Waals surface area contributed by atoms with E-state index in [1.807, 2.05) is 30.3 Å². The number of nitrogens with two attached hydrogens (primary N) is 1. The number of hydrogen-bond acceptors (Lipinski definition) is 6. The minimum Gasteiger partial charge on any atom is -0.480 e. The molecule has 0 amide bonds. The third kappa shape index (κ3) is 3.36. The van der Waals surface area contributed by atoms with Gasteiger partial charge in [-0.1, -0.05) is 30.3 Å². The van der Waals surface area contributed by atoms with Crippen LogP contribution in [0, 0.1) is 0 Å². The summed E-state index contributed by atoms with van der Waals surface area (Å²) in [6.45, 7) is 0.133. The van der Waals surface area contributed by atoms with Crippen molar-refractivity contribution in [1.29, 1.82) is 0 Å². The summed E-state index contributed by atoms with van der Waals surface area (Å²) in [5.74, 6) is 0.394. The van der Waals surface area contributed by atoms with Gasteiger partial charge in [0.15, 0.2) is 0 Å². The van der Waals surface area contributed by atoms with Gasteiger partial charge in [0.1, 0.15) is 4.90 Å². The normalized spacial score (nSPS) is 11.7. The average Bonchev–Trinajstić information content (AvgIpc) is 2.98. The van der Waals surface area contributed by atoms with Crippen molar-refractivity contribution >= 4 is 21.1 Å². The lowest BCUT2D eigenvalue weighted by molar-refractivity contribution is 0.400. The number of fused-ring (bicyclic) bond motifs is 1. The van der Waals surface area contributed by atoms with Crippen LogP contribution in [-0.2, 0) is 23.6 Å². The number of methoxy groups -OCH3 is 1. The Bertz CT molecular complexity index is 1390. The second-order valence-corrected chi connectivity index (χ2v) is 8.26. The zero-order chi connectivity index (χ0) is 21.5. The molecule has 3 aromatic heterocycles. The Hall–Kier alpha value is -3.50. The average molecular weight is 425 g/mol. The van der Waals surface area contributed by atoms with Gasteiger partial charge in [-0.3, -0.25) is 14.1 Å². The monoisotopic (exact) mass is 425 g/mol. The van der Waals surface area contributed by atoms with Crippen LogP contribution in [0.15, 0.2) is 64.5 Å². The summed E-state index contributed by atoms with van der Waals surface area (Å²) in [7, 11) is -0.647. The molecule has 154 valence electrons.